The largest absolute Gasteiger partial charge is 0.481 e. The number of aromatic nitrogens is 2. The summed E-state index contributed by atoms with van der Waals surface area (Å²) in [4.78, 5) is 4.39. The van der Waals surface area contributed by atoms with Gasteiger partial charge in [-0.3, -0.25) is 0 Å². The standard InChI is InChI=1S/C17H16N2O2/c1-12-8-10-15(11-9-12)20-13(2)17-18-16(19-21-17)14-6-4-3-5-7-14/h3-11,13H,1-2H3/t13-/m1/s1. The molecule has 3 rings (SSSR count). The Morgan fingerprint density at radius 3 is 2.43 bits per heavy atom. The van der Waals surface area contributed by atoms with Gasteiger partial charge in [0.2, 0.25) is 5.82 Å². The summed E-state index contributed by atoms with van der Waals surface area (Å²) in [5.74, 6) is 1.83. The summed E-state index contributed by atoms with van der Waals surface area (Å²) in [6.07, 6.45) is -0.294. The fourth-order valence-corrected chi connectivity index (χ4v) is 1.98. The molecule has 106 valence electrons. The van der Waals surface area contributed by atoms with E-state index in [-0.39, 0.29) is 6.10 Å². The zero-order valence-corrected chi connectivity index (χ0v) is 12.0. The summed E-state index contributed by atoms with van der Waals surface area (Å²) >= 11 is 0. The van der Waals surface area contributed by atoms with Crippen LogP contribution in [-0.2, 0) is 0 Å². The molecule has 0 aliphatic rings. The first kappa shape index (κ1) is 13.4. The molecule has 0 N–H and O–H groups in total. The van der Waals surface area contributed by atoms with E-state index in [9.17, 15) is 0 Å². The minimum atomic E-state index is -0.294. The molecular weight excluding hydrogens is 264 g/mol. The molecule has 21 heavy (non-hydrogen) atoms. The monoisotopic (exact) mass is 280 g/mol. The molecule has 0 spiro atoms. The highest BCUT2D eigenvalue weighted by molar-refractivity contribution is 5.53. The third kappa shape index (κ3) is 3.11. The van der Waals surface area contributed by atoms with Crippen molar-refractivity contribution in [3.05, 3.63) is 66.1 Å². The fourth-order valence-electron chi connectivity index (χ4n) is 1.98. The number of benzene rings is 2. The number of aryl methyl sites for hydroxylation is 1. The van der Waals surface area contributed by atoms with Crippen molar-refractivity contribution in [3.63, 3.8) is 0 Å². The predicted molar refractivity (Wildman–Crippen MR) is 80.0 cm³/mol. The number of nitrogens with zero attached hydrogens (tertiary/aromatic N) is 2. The first-order valence-corrected chi connectivity index (χ1v) is 6.85. The Hall–Kier alpha value is -2.62. The Bertz CT molecular complexity index is 705. The Morgan fingerprint density at radius 1 is 1.00 bits per heavy atom. The van der Waals surface area contributed by atoms with E-state index < -0.39 is 0 Å². The molecule has 0 radical (unpaired) electrons. The first-order valence-electron chi connectivity index (χ1n) is 6.85. The minimum Gasteiger partial charge on any atom is -0.481 e. The van der Waals surface area contributed by atoms with Crippen LogP contribution in [0.4, 0.5) is 0 Å². The van der Waals surface area contributed by atoms with Crippen molar-refractivity contribution < 1.29 is 9.26 Å². The smallest absolute Gasteiger partial charge is 0.267 e. The van der Waals surface area contributed by atoms with Crippen LogP contribution in [0.25, 0.3) is 11.4 Å². The molecule has 4 nitrogen and oxygen atoms in total. The molecule has 0 aliphatic heterocycles. The second kappa shape index (κ2) is 5.79. The van der Waals surface area contributed by atoms with Gasteiger partial charge in [0.15, 0.2) is 6.10 Å². The lowest BCUT2D eigenvalue weighted by molar-refractivity contribution is 0.176. The van der Waals surface area contributed by atoms with Gasteiger partial charge in [0.1, 0.15) is 5.75 Å². The maximum Gasteiger partial charge on any atom is 0.267 e. The van der Waals surface area contributed by atoms with Crippen molar-refractivity contribution in [3.8, 4) is 17.1 Å². The van der Waals surface area contributed by atoms with Gasteiger partial charge in [0.05, 0.1) is 0 Å². The van der Waals surface area contributed by atoms with E-state index in [2.05, 4.69) is 10.1 Å². The molecule has 0 unspecified atom stereocenters. The third-order valence-electron chi connectivity index (χ3n) is 3.16. The molecule has 0 saturated heterocycles. The predicted octanol–water partition coefficient (Wildman–Crippen LogP) is 4.19. The van der Waals surface area contributed by atoms with Gasteiger partial charge >= 0.3 is 0 Å². The van der Waals surface area contributed by atoms with Gasteiger partial charge in [0.25, 0.3) is 5.89 Å². The summed E-state index contributed by atoms with van der Waals surface area (Å²) in [5.41, 5.74) is 2.12. The van der Waals surface area contributed by atoms with Crippen molar-refractivity contribution in [1.82, 2.24) is 10.1 Å². The van der Waals surface area contributed by atoms with Crippen molar-refractivity contribution in [1.29, 1.82) is 0 Å². The Kier molecular flexibility index (Phi) is 3.69. The quantitative estimate of drug-likeness (QED) is 0.719. The molecule has 0 fully saturated rings. The van der Waals surface area contributed by atoms with E-state index in [0.29, 0.717) is 11.7 Å². The SMILES string of the molecule is Cc1ccc(O[C@H](C)c2nc(-c3ccccc3)no2)cc1. The highest BCUT2D eigenvalue weighted by atomic mass is 16.5. The minimum absolute atomic E-state index is 0.294. The van der Waals surface area contributed by atoms with E-state index >= 15 is 0 Å². The molecule has 1 atom stereocenters. The average Bonchev–Trinajstić information content (AvgIpc) is 3.00. The molecular formula is C17H16N2O2. The normalized spacial score (nSPS) is 12.1. The highest BCUT2D eigenvalue weighted by Crippen LogP contribution is 2.23. The molecule has 3 aromatic rings. The van der Waals surface area contributed by atoms with Crippen molar-refractivity contribution in [2.75, 3.05) is 0 Å². The van der Waals surface area contributed by atoms with E-state index in [1.807, 2.05) is 68.4 Å². The van der Waals surface area contributed by atoms with Gasteiger partial charge in [-0.25, -0.2) is 0 Å². The second-order valence-electron chi connectivity index (χ2n) is 4.90. The Morgan fingerprint density at radius 2 is 1.71 bits per heavy atom. The fraction of sp³-hybridized carbons (Fsp3) is 0.176. The second-order valence-corrected chi connectivity index (χ2v) is 4.90. The highest BCUT2D eigenvalue weighted by Gasteiger charge is 2.16. The zero-order chi connectivity index (χ0) is 14.7. The number of hydrogen-bond donors (Lipinski definition) is 0. The Balaban J connectivity index is 1.75. The molecule has 2 aromatic carbocycles. The van der Waals surface area contributed by atoms with E-state index in [1.165, 1.54) is 5.56 Å². The summed E-state index contributed by atoms with van der Waals surface area (Å²) in [5, 5.41) is 4.00. The first-order chi connectivity index (χ1) is 10.2. The molecule has 1 aromatic heterocycles. The number of rotatable bonds is 4. The van der Waals surface area contributed by atoms with Crippen LogP contribution in [0.1, 0.15) is 24.5 Å². The van der Waals surface area contributed by atoms with Crippen molar-refractivity contribution in [2.45, 2.75) is 20.0 Å². The van der Waals surface area contributed by atoms with Gasteiger partial charge in [0, 0.05) is 5.56 Å². The van der Waals surface area contributed by atoms with Crippen LogP contribution in [0.15, 0.2) is 59.1 Å². The lowest BCUT2D eigenvalue weighted by Gasteiger charge is -2.10. The van der Waals surface area contributed by atoms with Gasteiger partial charge in [-0.05, 0) is 26.0 Å². The third-order valence-corrected chi connectivity index (χ3v) is 3.16. The topological polar surface area (TPSA) is 48.2 Å². The van der Waals surface area contributed by atoms with E-state index in [4.69, 9.17) is 9.26 Å². The molecule has 0 amide bonds. The lowest BCUT2D eigenvalue weighted by Crippen LogP contribution is -2.03. The van der Waals surface area contributed by atoms with Crippen LogP contribution < -0.4 is 4.74 Å². The van der Waals surface area contributed by atoms with Gasteiger partial charge in [-0.2, -0.15) is 4.98 Å². The van der Waals surface area contributed by atoms with E-state index in [0.717, 1.165) is 11.3 Å². The average molecular weight is 280 g/mol. The summed E-state index contributed by atoms with van der Waals surface area (Å²) in [7, 11) is 0. The van der Waals surface area contributed by atoms with Crippen LogP contribution in [-0.4, -0.2) is 10.1 Å². The van der Waals surface area contributed by atoms with Gasteiger partial charge in [-0.1, -0.05) is 53.2 Å². The zero-order valence-electron chi connectivity index (χ0n) is 12.0. The summed E-state index contributed by atoms with van der Waals surface area (Å²) in [6.45, 7) is 3.93. The number of hydrogen-bond acceptors (Lipinski definition) is 4. The molecule has 1 heterocycles. The van der Waals surface area contributed by atoms with Gasteiger partial charge < -0.3 is 9.26 Å². The van der Waals surface area contributed by atoms with Crippen molar-refractivity contribution >= 4 is 0 Å². The molecule has 4 heteroatoms. The van der Waals surface area contributed by atoms with Crippen LogP contribution in [0.5, 0.6) is 5.75 Å². The van der Waals surface area contributed by atoms with Crippen molar-refractivity contribution in [2.24, 2.45) is 0 Å². The lowest BCUT2D eigenvalue weighted by atomic mass is 10.2. The molecule has 0 bridgehead atoms. The van der Waals surface area contributed by atoms with Crippen LogP contribution in [0.3, 0.4) is 0 Å². The van der Waals surface area contributed by atoms with Crippen LogP contribution in [0.2, 0.25) is 0 Å². The summed E-state index contributed by atoms with van der Waals surface area (Å²) < 4.78 is 11.1. The summed E-state index contributed by atoms with van der Waals surface area (Å²) in [6, 6.07) is 17.6. The maximum absolute atomic E-state index is 5.81. The number of ether oxygens (including phenoxy) is 1. The van der Waals surface area contributed by atoms with Crippen LogP contribution in [0, 0.1) is 6.92 Å². The maximum atomic E-state index is 5.81. The Labute approximate surface area is 123 Å². The molecule has 0 aliphatic carbocycles. The van der Waals surface area contributed by atoms with E-state index in [1.54, 1.807) is 0 Å². The van der Waals surface area contributed by atoms with Gasteiger partial charge in [-0.15, -0.1) is 0 Å². The molecule has 0 saturated carbocycles. The van der Waals surface area contributed by atoms with Crippen LogP contribution >= 0.6 is 0 Å².